The molecule has 0 saturated heterocycles. The third-order valence-corrected chi connectivity index (χ3v) is 2.69. The zero-order chi connectivity index (χ0) is 10.7. The molecule has 2 unspecified atom stereocenters. The summed E-state index contributed by atoms with van der Waals surface area (Å²) < 4.78 is 0. The van der Waals surface area contributed by atoms with E-state index in [1.165, 1.54) is 6.07 Å². The van der Waals surface area contributed by atoms with Crippen LogP contribution in [0.1, 0.15) is 25.3 Å². The minimum Gasteiger partial charge on any atom is -0.258 e. The van der Waals surface area contributed by atoms with Crippen molar-refractivity contribution < 1.29 is 4.92 Å². The smallest absolute Gasteiger partial charge is 0.258 e. The molecular weight excluding hydrogens is 202 g/mol. The van der Waals surface area contributed by atoms with Crippen molar-refractivity contribution in [3.63, 3.8) is 0 Å². The van der Waals surface area contributed by atoms with Crippen molar-refractivity contribution >= 4 is 17.3 Å². The van der Waals surface area contributed by atoms with Gasteiger partial charge in [-0.05, 0) is 6.92 Å². The van der Waals surface area contributed by atoms with Gasteiger partial charge in [-0.3, -0.25) is 10.1 Å². The Bertz CT molecular complexity index is 339. The lowest BCUT2D eigenvalue weighted by atomic mass is 9.97. The number of hydrogen-bond donors (Lipinski definition) is 0. The Hall–Kier alpha value is -1.09. The second-order valence-electron chi connectivity index (χ2n) is 3.28. The van der Waals surface area contributed by atoms with Gasteiger partial charge in [0.1, 0.15) is 0 Å². The molecule has 4 heteroatoms. The van der Waals surface area contributed by atoms with Crippen molar-refractivity contribution in [2.24, 2.45) is 0 Å². The van der Waals surface area contributed by atoms with Crippen LogP contribution in [0.2, 0.25) is 0 Å². The summed E-state index contributed by atoms with van der Waals surface area (Å²) >= 11 is 5.92. The van der Waals surface area contributed by atoms with Crippen LogP contribution >= 0.6 is 11.6 Å². The average molecular weight is 214 g/mol. The van der Waals surface area contributed by atoms with Gasteiger partial charge in [-0.2, -0.15) is 0 Å². The summed E-state index contributed by atoms with van der Waals surface area (Å²) in [5.74, 6) is -0.0155. The molecule has 1 rings (SSSR count). The second kappa shape index (κ2) is 4.42. The number of para-hydroxylation sites is 1. The molecule has 0 amide bonds. The first-order chi connectivity index (χ1) is 6.54. The van der Waals surface area contributed by atoms with Gasteiger partial charge in [-0.25, -0.2) is 0 Å². The maximum atomic E-state index is 10.7. The molecule has 0 radical (unpaired) electrons. The summed E-state index contributed by atoms with van der Waals surface area (Å²) in [7, 11) is 0. The van der Waals surface area contributed by atoms with E-state index in [2.05, 4.69) is 0 Å². The topological polar surface area (TPSA) is 43.1 Å². The Morgan fingerprint density at radius 1 is 1.36 bits per heavy atom. The number of nitro groups is 1. The molecule has 14 heavy (non-hydrogen) atoms. The summed E-state index contributed by atoms with van der Waals surface area (Å²) in [5.41, 5.74) is 0.840. The number of hydrogen-bond acceptors (Lipinski definition) is 2. The first-order valence-electron chi connectivity index (χ1n) is 4.41. The standard InChI is InChI=1S/C10H12ClNO2/c1-7(8(2)11)9-5-3-4-6-10(9)12(13)14/h3-8H,1-2H3. The molecule has 0 bridgehead atoms. The summed E-state index contributed by atoms with van der Waals surface area (Å²) in [6.07, 6.45) is 0. The van der Waals surface area contributed by atoms with Gasteiger partial charge in [-0.15, -0.1) is 11.6 Å². The zero-order valence-electron chi connectivity index (χ0n) is 8.11. The van der Waals surface area contributed by atoms with Gasteiger partial charge in [0.05, 0.1) is 4.92 Å². The van der Waals surface area contributed by atoms with Crippen molar-refractivity contribution in [2.45, 2.75) is 25.1 Å². The minimum atomic E-state index is -0.370. The molecule has 0 N–H and O–H groups in total. The molecule has 1 aromatic carbocycles. The summed E-state index contributed by atoms with van der Waals surface area (Å²) in [4.78, 5) is 10.3. The van der Waals surface area contributed by atoms with Crippen molar-refractivity contribution in [3.05, 3.63) is 39.9 Å². The molecule has 0 aliphatic carbocycles. The fourth-order valence-corrected chi connectivity index (χ4v) is 1.42. The van der Waals surface area contributed by atoms with Crippen LogP contribution in [0.3, 0.4) is 0 Å². The number of alkyl halides is 1. The molecule has 0 aliphatic rings. The molecule has 0 spiro atoms. The molecule has 0 aromatic heterocycles. The predicted molar refractivity (Wildman–Crippen MR) is 56.8 cm³/mol. The predicted octanol–water partition coefficient (Wildman–Crippen LogP) is 3.33. The van der Waals surface area contributed by atoms with E-state index in [0.717, 1.165) is 0 Å². The van der Waals surface area contributed by atoms with Gasteiger partial charge in [0.2, 0.25) is 0 Å². The van der Waals surface area contributed by atoms with Gasteiger partial charge in [-0.1, -0.05) is 25.1 Å². The SMILES string of the molecule is CC(Cl)C(C)c1ccccc1[N+](=O)[O-]. The highest BCUT2D eigenvalue weighted by Gasteiger charge is 2.20. The molecule has 3 nitrogen and oxygen atoms in total. The summed E-state index contributed by atoms with van der Waals surface area (Å²) in [6.45, 7) is 3.73. The van der Waals surface area contributed by atoms with E-state index < -0.39 is 0 Å². The lowest BCUT2D eigenvalue weighted by Gasteiger charge is -2.13. The largest absolute Gasteiger partial charge is 0.272 e. The van der Waals surface area contributed by atoms with Crippen LogP contribution in [-0.2, 0) is 0 Å². The van der Waals surface area contributed by atoms with Crippen molar-refractivity contribution in [3.8, 4) is 0 Å². The normalized spacial score (nSPS) is 14.8. The molecule has 0 fully saturated rings. The van der Waals surface area contributed by atoms with Crippen molar-refractivity contribution in [1.29, 1.82) is 0 Å². The number of rotatable bonds is 3. The van der Waals surface area contributed by atoms with Crippen molar-refractivity contribution in [2.75, 3.05) is 0 Å². The van der Waals surface area contributed by atoms with E-state index in [1.807, 2.05) is 13.8 Å². The third-order valence-electron chi connectivity index (χ3n) is 2.31. The molecule has 2 atom stereocenters. The molecule has 0 heterocycles. The lowest BCUT2D eigenvalue weighted by Crippen LogP contribution is -2.07. The van der Waals surface area contributed by atoms with Crippen LogP contribution in [0.25, 0.3) is 0 Å². The summed E-state index contributed by atoms with van der Waals surface area (Å²) in [6, 6.07) is 6.71. The lowest BCUT2D eigenvalue weighted by molar-refractivity contribution is -0.385. The zero-order valence-corrected chi connectivity index (χ0v) is 8.86. The number of halogens is 1. The molecular formula is C10H12ClNO2. The maximum Gasteiger partial charge on any atom is 0.272 e. The minimum absolute atomic E-state index is 0.0155. The van der Waals surface area contributed by atoms with E-state index in [9.17, 15) is 10.1 Å². The number of nitro benzene ring substituents is 1. The highest BCUT2D eigenvalue weighted by Crippen LogP contribution is 2.30. The Morgan fingerprint density at radius 2 is 1.93 bits per heavy atom. The van der Waals surface area contributed by atoms with E-state index in [1.54, 1.807) is 18.2 Å². The quantitative estimate of drug-likeness (QED) is 0.439. The number of nitrogens with zero attached hydrogens (tertiary/aromatic N) is 1. The Morgan fingerprint density at radius 3 is 2.43 bits per heavy atom. The van der Waals surface area contributed by atoms with Gasteiger partial charge in [0, 0.05) is 22.9 Å². The fraction of sp³-hybridized carbons (Fsp3) is 0.400. The van der Waals surface area contributed by atoms with Crippen LogP contribution in [0.5, 0.6) is 0 Å². The first kappa shape index (κ1) is 11.0. The van der Waals surface area contributed by atoms with Crippen LogP contribution in [0.15, 0.2) is 24.3 Å². The van der Waals surface area contributed by atoms with Crippen LogP contribution in [0.4, 0.5) is 5.69 Å². The average Bonchev–Trinajstić information content (AvgIpc) is 2.16. The van der Waals surface area contributed by atoms with Crippen molar-refractivity contribution in [1.82, 2.24) is 0 Å². The highest BCUT2D eigenvalue weighted by molar-refractivity contribution is 6.20. The monoisotopic (exact) mass is 213 g/mol. The maximum absolute atomic E-state index is 10.7. The van der Waals surface area contributed by atoms with Gasteiger partial charge >= 0.3 is 0 Å². The Balaban J connectivity index is 3.13. The molecule has 0 aliphatic heterocycles. The second-order valence-corrected chi connectivity index (χ2v) is 3.97. The van der Waals surface area contributed by atoms with Crippen LogP contribution < -0.4 is 0 Å². The Kier molecular flexibility index (Phi) is 3.47. The van der Waals surface area contributed by atoms with Crippen LogP contribution in [0, 0.1) is 10.1 Å². The highest BCUT2D eigenvalue weighted by atomic mass is 35.5. The van der Waals surface area contributed by atoms with Crippen LogP contribution in [-0.4, -0.2) is 10.3 Å². The Labute approximate surface area is 87.8 Å². The fourth-order valence-electron chi connectivity index (χ4n) is 1.29. The van der Waals surface area contributed by atoms with E-state index in [-0.39, 0.29) is 21.9 Å². The van der Waals surface area contributed by atoms with Gasteiger partial charge in [0.15, 0.2) is 0 Å². The summed E-state index contributed by atoms with van der Waals surface area (Å²) in [5, 5.41) is 10.6. The third kappa shape index (κ3) is 2.23. The molecule has 0 saturated carbocycles. The first-order valence-corrected chi connectivity index (χ1v) is 4.85. The van der Waals surface area contributed by atoms with Gasteiger partial charge < -0.3 is 0 Å². The van der Waals surface area contributed by atoms with E-state index in [0.29, 0.717) is 5.56 Å². The van der Waals surface area contributed by atoms with Gasteiger partial charge in [0.25, 0.3) is 5.69 Å². The molecule has 1 aromatic rings. The van der Waals surface area contributed by atoms with E-state index >= 15 is 0 Å². The van der Waals surface area contributed by atoms with E-state index in [4.69, 9.17) is 11.6 Å². The number of benzene rings is 1. The molecule has 76 valence electrons.